The van der Waals surface area contributed by atoms with Crippen LogP contribution in [0.25, 0.3) is 0 Å². The van der Waals surface area contributed by atoms with E-state index in [-0.39, 0.29) is 23.2 Å². The zero-order chi connectivity index (χ0) is 17.3. The summed E-state index contributed by atoms with van der Waals surface area (Å²) in [6.07, 6.45) is 0.695. The molecule has 1 atom stereocenters. The minimum atomic E-state index is -0.0253. The standard InChI is InChI=1S/C18H20O6/c1-21-16-13(8-14(20)17(22-2)18(16)23-3)11-6-10-4-5-12(19)7-15(10)24-9-11/h4-5,7-8,11,19-20H,6,9H2,1-3H3/t11-/m1/s1. The zero-order valence-electron chi connectivity index (χ0n) is 13.8. The molecule has 0 aliphatic carbocycles. The van der Waals surface area contributed by atoms with Crippen molar-refractivity contribution in [3.8, 4) is 34.5 Å². The van der Waals surface area contributed by atoms with Gasteiger partial charge in [-0.05, 0) is 24.1 Å². The highest BCUT2D eigenvalue weighted by atomic mass is 16.5. The molecule has 128 valence electrons. The van der Waals surface area contributed by atoms with Crippen molar-refractivity contribution in [2.45, 2.75) is 12.3 Å². The first-order chi connectivity index (χ1) is 11.6. The Hall–Kier alpha value is -2.76. The lowest BCUT2D eigenvalue weighted by Gasteiger charge is -2.28. The van der Waals surface area contributed by atoms with Crippen LogP contribution in [0.15, 0.2) is 24.3 Å². The molecule has 0 spiro atoms. The molecule has 2 aromatic carbocycles. The average Bonchev–Trinajstić information content (AvgIpc) is 2.60. The number of hydrogen-bond acceptors (Lipinski definition) is 6. The number of benzene rings is 2. The second-order valence-electron chi connectivity index (χ2n) is 5.59. The molecule has 24 heavy (non-hydrogen) atoms. The maximum Gasteiger partial charge on any atom is 0.207 e. The summed E-state index contributed by atoms with van der Waals surface area (Å²) >= 11 is 0. The predicted molar refractivity (Wildman–Crippen MR) is 87.8 cm³/mol. The first-order valence-corrected chi connectivity index (χ1v) is 7.55. The van der Waals surface area contributed by atoms with Gasteiger partial charge in [-0.25, -0.2) is 0 Å². The van der Waals surface area contributed by atoms with Crippen molar-refractivity contribution >= 4 is 0 Å². The number of aromatic hydroxyl groups is 2. The van der Waals surface area contributed by atoms with Crippen molar-refractivity contribution in [3.05, 3.63) is 35.4 Å². The van der Waals surface area contributed by atoms with Gasteiger partial charge in [0.1, 0.15) is 11.5 Å². The Labute approximate surface area is 140 Å². The molecule has 6 heteroatoms. The molecule has 0 aromatic heterocycles. The fraction of sp³-hybridized carbons (Fsp3) is 0.333. The molecule has 1 heterocycles. The Morgan fingerprint density at radius 2 is 1.67 bits per heavy atom. The van der Waals surface area contributed by atoms with Crippen LogP contribution in [-0.4, -0.2) is 38.1 Å². The van der Waals surface area contributed by atoms with Crippen molar-refractivity contribution in [2.75, 3.05) is 27.9 Å². The van der Waals surface area contributed by atoms with Crippen molar-refractivity contribution < 1.29 is 29.2 Å². The number of phenols is 2. The number of phenolic OH excluding ortho intramolecular Hbond substituents is 2. The maximum absolute atomic E-state index is 10.3. The van der Waals surface area contributed by atoms with E-state index < -0.39 is 0 Å². The lowest BCUT2D eigenvalue weighted by atomic mass is 9.89. The predicted octanol–water partition coefficient (Wildman–Crippen LogP) is 2.84. The van der Waals surface area contributed by atoms with Gasteiger partial charge in [-0.3, -0.25) is 0 Å². The molecule has 2 aromatic rings. The van der Waals surface area contributed by atoms with Crippen molar-refractivity contribution in [3.63, 3.8) is 0 Å². The van der Waals surface area contributed by atoms with E-state index in [1.54, 1.807) is 25.3 Å². The lowest BCUT2D eigenvalue weighted by molar-refractivity contribution is 0.254. The van der Waals surface area contributed by atoms with Crippen molar-refractivity contribution in [1.82, 2.24) is 0 Å². The van der Waals surface area contributed by atoms with Crippen molar-refractivity contribution in [1.29, 1.82) is 0 Å². The second-order valence-corrected chi connectivity index (χ2v) is 5.59. The van der Waals surface area contributed by atoms with E-state index in [9.17, 15) is 10.2 Å². The Morgan fingerprint density at radius 1 is 0.958 bits per heavy atom. The highest BCUT2D eigenvalue weighted by Crippen LogP contribution is 2.49. The fourth-order valence-corrected chi connectivity index (χ4v) is 3.09. The smallest absolute Gasteiger partial charge is 0.207 e. The number of hydrogen-bond donors (Lipinski definition) is 2. The van der Waals surface area contributed by atoms with E-state index in [0.29, 0.717) is 30.3 Å². The molecule has 6 nitrogen and oxygen atoms in total. The normalized spacial score (nSPS) is 16.0. The molecule has 0 amide bonds. The third-order valence-corrected chi connectivity index (χ3v) is 4.21. The van der Waals surface area contributed by atoms with Gasteiger partial charge < -0.3 is 29.2 Å². The van der Waals surface area contributed by atoms with Gasteiger partial charge in [0, 0.05) is 17.5 Å². The highest BCUT2D eigenvalue weighted by molar-refractivity contribution is 5.63. The molecular weight excluding hydrogens is 312 g/mol. The van der Waals surface area contributed by atoms with Crippen LogP contribution in [0, 0.1) is 0 Å². The van der Waals surface area contributed by atoms with Crippen LogP contribution in [0.3, 0.4) is 0 Å². The quantitative estimate of drug-likeness (QED) is 0.896. The van der Waals surface area contributed by atoms with E-state index >= 15 is 0 Å². The molecule has 0 radical (unpaired) electrons. The van der Waals surface area contributed by atoms with E-state index in [0.717, 1.165) is 11.1 Å². The summed E-state index contributed by atoms with van der Waals surface area (Å²) in [7, 11) is 4.51. The first-order valence-electron chi connectivity index (χ1n) is 7.55. The van der Waals surface area contributed by atoms with Crippen LogP contribution in [0.4, 0.5) is 0 Å². The summed E-state index contributed by atoms with van der Waals surface area (Å²) in [6.45, 7) is 0.405. The Bertz CT molecular complexity index is 756. The molecule has 0 bridgehead atoms. The first kappa shape index (κ1) is 16.1. The summed E-state index contributed by atoms with van der Waals surface area (Å²) in [5.41, 5.74) is 1.77. The molecular formula is C18H20O6. The second kappa shape index (κ2) is 6.39. The van der Waals surface area contributed by atoms with Gasteiger partial charge in [0.25, 0.3) is 0 Å². The summed E-state index contributed by atoms with van der Waals surface area (Å²) in [4.78, 5) is 0. The Balaban J connectivity index is 2.04. The van der Waals surface area contributed by atoms with Gasteiger partial charge in [0.2, 0.25) is 11.5 Å². The zero-order valence-corrected chi connectivity index (χ0v) is 13.8. The van der Waals surface area contributed by atoms with Gasteiger partial charge in [-0.15, -0.1) is 0 Å². The largest absolute Gasteiger partial charge is 0.508 e. The Morgan fingerprint density at radius 3 is 2.33 bits per heavy atom. The fourth-order valence-electron chi connectivity index (χ4n) is 3.09. The molecule has 0 saturated carbocycles. The third-order valence-electron chi connectivity index (χ3n) is 4.21. The van der Waals surface area contributed by atoms with Crippen LogP contribution < -0.4 is 18.9 Å². The third kappa shape index (κ3) is 2.64. The maximum atomic E-state index is 10.3. The highest BCUT2D eigenvalue weighted by Gasteiger charge is 2.29. The van der Waals surface area contributed by atoms with Crippen molar-refractivity contribution in [2.24, 2.45) is 0 Å². The molecule has 2 N–H and O–H groups in total. The Kier molecular flexibility index (Phi) is 4.29. The monoisotopic (exact) mass is 332 g/mol. The minimum Gasteiger partial charge on any atom is -0.508 e. The topological polar surface area (TPSA) is 77.4 Å². The number of rotatable bonds is 4. The minimum absolute atomic E-state index is 0.0124. The summed E-state index contributed by atoms with van der Waals surface area (Å²) in [6, 6.07) is 6.70. The molecule has 1 aliphatic rings. The van der Waals surface area contributed by atoms with E-state index in [4.69, 9.17) is 18.9 Å². The van der Waals surface area contributed by atoms with Gasteiger partial charge >= 0.3 is 0 Å². The summed E-state index contributed by atoms with van der Waals surface area (Å²) in [5, 5.41) is 19.8. The molecule has 0 fully saturated rings. The van der Waals surface area contributed by atoms with Gasteiger partial charge in [0.05, 0.1) is 27.9 Å². The van der Waals surface area contributed by atoms with Crippen LogP contribution in [0.1, 0.15) is 17.0 Å². The van der Waals surface area contributed by atoms with Crippen LogP contribution in [0.5, 0.6) is 34.5 Å². The van der Waals surface area contributed by atoms with E-state index in [2.05, 4.69) is 0 Å². The van der Waals surface area contributed by atoms with Crippen LogP contribution in [-0.2, 0) is 6.42 Å². The number of fused-ring (bicyclic) bond motifs is 1. The SMILES string of the molecule is COc1c(O)cc([C@H]2COc3cc(O)ccc3C2)c(OC)c1OC. The number of ether oxygens (including phenoxy) is 4. The van der Waals surface area contributed by atoms with Crippen LogP contribution >= 0.6 is 0 Å². The van der Waals surface area contributed by atoms with E-state index in [1.165, 1.54) is 14.2 Å². The van der Waals surface area contributed by atoms with Gasteiger partial charge in [0.15, 0.2) is 11.5 Å². The van der Waals surface area contributed by atoms with E-state index in [1.807, 2.05) is 6.07 Å². The summed E-state index contributed by atoms with van der Waals surface area (Å²) < 4.78 is 21.9. The average molecular weight is 332 g/mol. The molecule has 1 aliphatic heterocycles. The number of methoxy groups -OCH3 is 3. The molecule has 0 saturated heterocycles. The molecule has 0 unspecified atom stereocenters. The lowest BCUT2D eigenvalue weighted by Crippen LogP contribution is -2.20. The molecule has 3 rings (SSSR count). The van der Waals surface area contributed by atoms with Gasteiger partial charge in [-0.1, -0.05) is 6.07 Å². The van der Waals surface area contributed by atoms with Crippen LogP contribution in [0.2, 0.25) is 0 Å². The van der Waals surface area contributed by atoms with Gasteiger partial charge in [-0.2, -0.15) is 0 Å². The summed E-state index contributed by atoms with van der Waals surface area (Å²) in [5.74, 6) is 1.92.